The highest BCUT2D eigenvalue weighted by molar-refractivity contribution is 5.90. The van der Waals surface area contributed by atoms with Crippen molar-refractivity contribution in [1.82, 2.24) is 4.90 Å². The molecule has 1 aromatic rings. The molecule has 110 valence electrons. The van der Waals surface area contributed by atoms with Crippen LogP contribution in [0, 0.1) is 17.8 Å². The largest absolute Gasteiger partial charge is 0.478 e. The molecule has 4 rings (SSSR count). The van der Waals surface area contributed by atoms with Gasteiger partial charge >= 0.3 is 5.97 Å². The van der Waals surface area contributed by atoms with Gasteiger partial charge in [-0.3, -0.25) is 4.79 Å². The minimum Gasteiger partial charge on any atom is -0.478 e. The maximum Gasteiger partial charge on any atom is 0.335 e. The number of hydrogen-bond acceptors (Lipinski definition) is 2. The number of benzene rings is 1. The molecule has 1 heterocycles. The van der Waals surface area contributed by atoms with Crippen LogP contribution in [0.25, 0.3) is 0 Å². The third-order valence-electron chi connectivity index (χ3n) is 5.50. The monoisotopic (exact) mass is 285 g/mol. The predicted octanol–water partition coefficient (Wildman–Crippen LogP) is 2.32. The highest BCUT2D eigenvalue weighted by Gasteiger charge is 2.57. The van der Waals surface area contributed by atoms with Crippen molar-refractivity contribution in [1.29, 1.82) is 0 Å². The van der Waals surface area contributed by atoms with Crippen LogP contribution in [0.3, 0.4) is 0 Å². The molecule has 1 amide bonds. The molecule has 21 heavy (non-hydrogen) atoms. The van der Waals surface area contributed by atoms with E-state index in [-0.39, 0.29) is 5.92 Å². The van der Waals surface area contributed by atoms with Crippen LogP contribution in [0.1, 0.15) is 40.7 Å². The first-order valence-corrected chi connectivity index (χ1v) is 7.79. The Balaban J connectivity index is 1.53. The number of fused-ring (bicyclic) bond motifs is 2. The van der Waals surface area contributed by atoms with Crippen molar-refractivity contribution in [2.75, 3.05) is 6.54 Å². The summed E-state index contributed by atoms with van der Waals surface area (Å²) >= 11 is 0. The van der Waals surface area contributed by atoms with E-state index in [0.29, 0.717) is 42.8 Å². The smallest absolute Gasteiger partial charge is 0.335 e. The summed E-state index contributed by atoms with van der Waals surface area (Å²) in [5.41, 5.74) is 2.30. The lowest BCUT2D eigenvalue weighted by molar-refractivity contribution is -0.134. The summed E-state index contributed by atoms with van der Waals surface area (Å²) in [6.45, 7) is 1.23. The summed E-state index contributed by atoms with van der Waals surface area (Å²) < 4.78 is 0. The second kappa shape index (κ2) is 4.58. The summed E-state index contributed by atoms with van der Waals surface area (Å²) in [5.74, 6) is 0.982. The van der Waals surface area contributed by atoms with Crippen LogP contribution in [-0.4, -0.2) is 28.4 Å². The Morgan fingerprint density at radius 3 is 2.67 bits per heavy atom. The lowest BCUT2D eigenvalue weighted by atomic mass is 9.94. The number of aromatic carboxylic acids is 1. The van der Waals surface area contributed by atoms with E-state index in [1.807, 2.05) is 11.0 Å². The quantitative estimate of drug-likeness (QED) is 0.907. The molecular formula is C17H19NO3. The first-order valence-electron chi connectivity index (χ1n) is 7.79. The molecule has 0 bridgehead atoms. The molecule has 2 aliphatic carbocycles. The van der Waals surface area contributed by atoms with Gasteiger partial charge < -0.3 is 10.0 Å². The zero-order chi connectivity index (χ0) is 14.6. The highest BCUT2D eigenvalue weighted by atomic mass is 16.4. The van der Waals surface area contributed by atoms with Crippen molar-refractivity contribution in [2.24, 2.45) is 17.8 Å². The number of rotatable bonds is 2. The number of carbonyl (C=O) groups is 2. The normalized spacial score (nSPS) is 29.7. The molecule has 0 spiro atoms. The van der Waals surface area contributed by atoms with E-state index in [1.165, 1.54) is 19.3 Å². The minimum absolute atomic E-state index is 0.267. The topological polar surface area (TPSA) is 57.6 Å². The molecule has 2 atom stereocenters. The molecule has 2 fully saturated rings. The van der Waals surface area contributed by atoms with Crippen molar-refractivity contribution in [3.05, 3.63) is 34.9 Å². The molecule has 4 heteroatoms. The molecule has 1 aliphatic heterocycles. The van der Waals surface area contributed by atoms with E-state index in [2.05, 4.69) is 0 Å². The van der Waals surface area contributed by atoms with Gasteiger partial charge in [0, 0.05) is 19.0 Å². The number of carboxylic acid groups (broad SMARTS) is 1. The number of carboxylic acids is 1. The average Bonchev–Trinajstić information content (AvgIpc) is 2.97. The lowest BCUT2D eigenvalue weighted by Gasteiger charge is -2.30. The Bertz CT molecular complexity index is 614. The summed E-state index contributed by atoms with van der Waals surface area (Å²) in [6.07, 6.45) is 4.37. The third-order valence-corrected chi connectivity index (χ3v) is 5.50. The Kier molecular flexibility index (Phi) is 2.81. The predicted molar refractivity (Wildman–Crippen MR) is 76.8 cm³/mol. The van der Waals surface area contributed by atoms with E-state index < -0.39 is 5.97 Å². The average molecular weight is 285 g/mol. The summed E-state index contributed by atoms with van der Waals surface area (Å²) in [6, 6.07) is 5.39. The van der Waals surface area contributed by atoms with E-state index >= 15 is 0 Å². The van der Waals surface area contributed by atoms with Crippen LogP contribution in [0.15, 0.2) is 18.2 Å². The SMILES string of the molecule is O=C(O)c1cccc2c1CCN(C(=O)C1C3CCCC31)C2. The molecule has 3 aliphatic rings. The number of nitrogens with zero attached hydrogens (tertiary/aromatic N) is 1. The summed E-state index contributed by atoms with van der Waals surface area (Å²) in [5, 5.41) is 9.24. The molecule has 2 saturated carbocycles. The molecule has 2 unspecified atom stereocenters. The maximum absolute atomic E-state index is 12.6. The lowest BCUT2D eigenvalue weighted by Crippen LogP contribution is -2.38. The zero-order valence-electron chi connectivity index (χ0n) is 11.9. The van der Waals surface area contributed by atoms with Gasteiger partial charge in [-0.2, -0.15) is 0 Å². The Labute approximate surface area is 123 Å². The van der Waals surface area contributed by atoms with Gasteiger partial charge in [-0.05, 0) is 48.3 Å². The fourth-order valence-electron chi connectivity index (χ4n) is 4.40. The summed E-state index contributed by atoms with van der Waals surface area (Å²) in [7, 11) is 0. The van der Waals surface area contributed by atoms with E-state index in [1.54, 1.807) is 12.1 Å². The minimum atomic E-state index is -0.872. The first-order chi connectivity index (χ1) is 10.2. The van der Waals surface area contributed by atoms with Gasteiger partial charge in [-0.25, -0.2) is 4.79 Å². The highest BCUT2D eigenvalue weighted by Crippen LogP contribution is 2.58. The zero-order valence-corrected chi connectivity index (χ0v) is 11.9. The van der Waals surface area contributed by atoms with E-state index in [0.717, 1.165) is 11.1 Å². The number of hydrogen-bond donors (Lipinski definition) is 1. The van der Waals surface area contributed by atoms with E-state index in [4.69, 9.17) is 0 Å². The van der Waals surface area contributed by atoms with Crippen LogP contribution in [-0.2, 0) is 17.8 Å². The van der Waals surface area contributed by atoms with Crippen LogP contribution in [0.4, 0.5) is 0 Å². The molecule has 0 aromatic heterocycles. The van der Waals surface area contributed by atoms with Gasteiger partial charge in [0.1, 0.15) is 0 Å². The van der Waals surface area contributed by atoms with Gasteiger partial charge in [-0.15, -0.1) is 0 Å². The molecule has 0 saturated heterocycles. The van der Waals surface area contributed by atoms with Crippen molar-refractivity contribution in [3.63, 3.8) is 0 Å². The van der Waals surface area contributed by atoms with Gasteiger partial charge in [0.2, 0.25) is 5.91 Å². The maximum atomic E-state index is 12.6. The van der Waals surface area contributed by atoms with Crippen molar-refractivity contribution < 1.29 is 14.7 Å². The Morgan fingerprint density at radius 2 is 1.95 bits per heavy atom. The van der Waals surface area contributed by atoms with Gasteiger partial charge in [0.05, 0.1) is 5.56 Å². The summed E-state index contributed by atoms with van der Waals surface area (Å²) in [4.78, 5) is 25.8. The van der Waals surface area contributed by atoms with Gasteiger partial charge in [0.15, 0.2) is 0 Å². The first kappa shape index (κ1) is 12.9. The second-order valence-electron chi connectivity index (χ2n) is 6.54. The van der Waals surface area contributed by atoms with E-state index in [9.17, 15) is 14.7 Å². The van der Waals surface area contributed by atoms with Crippen LogP contribution < -0.4 is 0 Å². The molecule has 0 radical (unpaired) electrons. The second-order valence-corrected chi connectivity index (χ2v) is 6.54. The fraction of sp³-hybridized carbons (Fsp3) is 0.529. The molecular weight excluding hydrogens is 266 g/mol. The number of carbonyl (C=O) groups excluding carboxylic acids is 1. The van der Waals surface area contributed by atoms with Crippen molar-refractivity contribution in [3.8, 4) is 0 Å². The van der Waals surface area contributed by atoms with Crippen LogP contribution in [0.2, 0.25) is 0 Å². The number of amides is 1. The third kappa shape index (κ3) is 1.96. The molecule has 1 N–H and O–H groups in total. The molecule has 1 aromatic carbocycles. The van der Waals surface area contributed by atoms with Gasteiger partial charge in [-0.1, -0.05) is 18.6 Å². The van der Waals surface area contributed by atoms with Crippen LogP contribution >= 0.6 is 0 Å². The van der Waals surface area contributed by atoms with Crippen LogP contribution in [0.5, 0.6) is 0 Å². The Hall–Kier alpha value is -1.84. The fourth-order valence-corrected chi connectivity index (χ4v) is 4.40. The Morgan fingerprint density at radius 1 is 1.19 bits per heavy atom. The van der Waals surface area contributed by atoms with Crippen molar-refractivity contribution in [2.45, 2.75) is 32.2 Å². The molecule has 4 nitrogen and oxygen atoms in total. The standard InChI is InChI=1S/C17H19NO3/c19-16(15-12-4-2-5-13(12)15)18-8-7-11-10(9-18)3-1-6-14(11)17(20)21/h1,3,6,12-13,15H,2,4-5,7-9H2,(H,20,21). The van der Waals surface area contributed by atoms with Gasteiger partial charge in [0.25, 0.3) is 0 Å². The van der Waals surface area contributed by atoms with Crippen molar-refractivity contribution >= 4 is 11.9 Å².